The minimum absolute atomic E-state index is 0.137. The molecule has 2 aliphatic rings. The molecule has 1 amide bonds. The summed E-state index contributed by atoms with van der Waals surface area (Å²) in [5.41, 5.74) is 1.11. The molecule has 84 valence electrons. The number of para-hydroxylation sites is 1. The fourth-order valence-electron chi connectivity index (χ4n) is 2.13. The fraction of sp³-hybridized carbons (Fsp3) is 0.462. The molecule has 1 atom stereocenters. The van der Waals surface area contributed by atoms with Gasteiger partial charge in [0.15, 0.2) is 0 Å². The maximum atomic E-state index is 11.7. The highest BCUT2D eigenvalue weighted by molar-refractivity contribution is 5.81. The summed E-state index contributed by atoms with van der Waals surface area (Å²) in [6, 6.07) is 8.09. The largest absolute Gasteiger partial charge is 0.493 e. The van der Waals surface area contributed by atoms with E-state index in [9.17, 15) is 4.79 Å². The van der Waals surface area contributed by atoms with Crippen molar-refractivity contribution >= 4 is 5.91 Å². The predicted molar refractivity (Wildman–Crippen MR) is 60.2 cm³/mol. The Bertz CT molecular complexity index is 412. The van der Waals surface area contributed by atoms with E-state index in [1.807, 2.05) is 24.3 Å². The number of carbonyl (C=O) groups is 1. The average molecular weight is 217 g/mol. The maximum absolute atomic E-state index is 11.7. The summed E-state index contributed by atoms with van der Waals surface area (Å²) in [7, 11) is 0. The summed E-state index contributed by atoms with van der Waals surface area (Å²) < 4.78 is 5.56. The van der Waals surface area contributed by atoms with Gasteiger partial charge in [0.1, 0.15) is 5.75 Å². The van der Waals surface area contributed by atoms with Crippen molar-refractivity contribution in [3.8, 4) is 5.75 Å². The molecule has 3 heteroatoms. The molecule has 16 heavy (non-hydrogen) atoms. The molecule has 1 aromatic carbocycles. The van der Waals surface area contributed by atoms with Crippen LogP contribution in [-0.4, -0.2) is 12.5 Å². The van der Waals surface area contributed by atoms with Crippen LogP contribution in [0.15, 0.2) is 24.3 Å². The van der Waals surface area contributed by atoms with Gasteiger partial charge < -0.3 is 10.1 Å². The number of fused-ring (bicyclic) bond motifs is 1. The number of hydrogen-bond donors (Lipinski definition) is 1. The zero-order valence-corrected chi connectivity index (χ0v) is 9.11. The topological polar surface area (TPSA) is 38.3 Å². The number of amides is 1. The van der Waals surface area contributed by atoms with Gasteiger partial charge in [-0.2, -0.15) is 0 Å². The van der Waals surface area contributed by atoms with Crippen molar-refractivity contribution in [1.82, 2.24) is 5.32 Å². The van der Waals surface area contributed by atoms with Gasteiger partial charge in [-0.1, -0.05) is 18.2 Å². The van der Waals surface area contributed by atoms with Crippen LogP contribution < -0.4 is 10.1 Å². The third-order valence-corrected chi connectivity index (χ3v) is 3.22. The molecular formula is C13H15NO2. The lowest BCUT2D eigenvalue weighted by molar-refractivity contribution is -0.123. The van der Waals surface area contributed by atoms with E-state index < -0.39 is 0 Å². The van der Waals surface area contributed by atoms with Crippen molar-refractivity contribution in [3.05, 3.63) is 29.8 Å². The molecule has 0 saturated heterocycles. The Morgan fingerprint density at radius 1 is 1.25 bits per heavy atom. The first-order chi connectivity index (χ1) is 7.84. The van der Waals surface area contributed by atoms with E-state index in [-0.39, 0.29) is 17.9 Å². The van der Waals surface area contributed by atoms with E-state index in [0.29, 0.717) is 6.61 Å². The van der Waals surface area contributed by atoms with Gasteiger partial charge in [-0.15, -0.1) is 0 Å². The summed E-state index contributed by atoms with van der Waals surface area (Å²) >= 11 is 0. The maximum Gasteiger partial charge on any atom is 0.223 e. The second-order valence-corrected chi connectivity index (χ2v) is 4.51. The van der Waals surface area contributed by atoms with Gasteiger partial charge in [-0.25, -0.2) is 0 Å². The predicted octanol–water partition coefficient (Wildman–Crippen LogP) is 2.04. The highest BCUT2D eigenvalue weighted by Crippen LogP contribution is 2.34. The zero-order valence-electron chi connectivity index (χ0n) is 9.11. The monoisotopic (exact) mass is 217 g/mol. The summed E-state index contributed by atoms with van der Waals surface area (Å²) in [4.78, 5) is 11.7. The van der Waals surface area contributed by atoms with Crippen LogP contribution in [0.2, 0.25) is 0 Å². The van der Waals surface area contributed by atoms with Crippen molar-refractivity contribution in [3.63, 3.8) is 0 Å². The van der Waals surface area contributed by atoms with E-state index in [4.69, 9.17) is 4.74 Å². The third-order valence-electron chi connectivity index (χ3n) is 3.22. The standard InChI is InChI=1S/C13H15NO2/c15-13(9-5-6-9)14-11-7-8-16-12-4-2-1-3-10(11)12/h1-4,9,11H,5-8H2,(H,14,15). The Morgan fingerprint density at radius 2 is 2.06 bits per heavy atom. The Kier molecular flexibility index (Phi) is 2.31. The fourth-order valence-corrected chi connectivity index (χ4v) is 2.13. The SMILES string of the molecule is O=C(NC1CCOc2ccccc21)C1CC1. The van der Waals surface area contributed by atoms with Crippen molar-refractivity contribution in [1.29, 1.82) is 0 Å². The molecule has 1 heterocycles. The van der Waals surface area contributed by atoms with Crippen LogP contribution in [0.5, 0.6) is 5.75 Å². The lowest BCUT2D eigenvalue weighted by atomic mass is 10.0. The molecule has 0 radical (unpaired) electrons. The normalized spacial score (nSPS) is 23.1. The van der Waals surface area contributed by atoms with Crippen LogP contribution >= 0.6 is 0 Å². The first-order valence-corrected chi connectivity index (χ1v) is 5.87. The van der Waals surface area contributed by atoms with E-state index >= 15 is 0 Å². The number of benzene rings is 1. The second kappa shape index (κ2) is 3.81. The average Bonchev–Trinajstić information content (AvgIpc) is 3.13. The van der Waals surface area contributed by atoms with E-state index in [1.54, 1.807) is 0 Å². The molecular weight excluding hydrogens is 202 g/mol. The molecule has 0 bridgehead atoms. The first-order valence-electron chi connectivity index (χ1n) is 5.87. The van der Waals surface area contributed by atoms with Crippen molar-refractivity contribution in [2.45, 2.75) is 25.3 Å². The smallest absolute Gasteiger partial charge is 0.223 e. The number of ether oxygens (including phenoxy) is 1. The minimum Gasteiger partial charge on any atom is -0.493 e. The van der Waals surface area contributed by atoms with Gasteiger partial charge in [0.05, 0.1) is 12.6 Å². The molecule has 3 nitrogen and oxygen atoms in total. The molecule has 1 aromatic rings. The van der Waals surface area contributed by atoms with Gasteiger partial charge in [0.2, 0.25) is 5.91 Å². The van der Waals surface area contributed by atoms with Crippen molar-refractivity contribution in [2.75, 3.05) is 6.61 Å². The second-order valence-electron chi connectivity index (χ2n) is 4.51. The van der Waals surface area contributed by atoms with Gasteiger partial charge in [0.25, 0.3) is 0 Å². The van der Waals surface area contributed by atoms with Crippen LogP contribution in [0.25, 0.3) is 0 Å². The van der Waals surface area contributed by atoms with Gasteiger partial charge in [0, 0.05) is 17.9 Å². The minimum atomic E-state index is 0.137. The Hall–Kier alpha value is -1.51. The molecule has 0 spiro atoms. The van der Waals surface area contributed by atoms with Crippen LogP contribution in [0.4, 0.5) is 0 Å². The first kappa shape index (κ1) is 9.70. The highest BCUT2D eigenvalue weighted by Gasteiger charge is 2.32. The Morgan fingerprint density at radius 3 is 2.88 bits per heavy atom. The zero-order chi connectivity index (χ0) is 11.0. The quantitative estimate of drug-likeness (QED) is 0.823. The number of hydrogen-bond acceptors (Lipinski definition) is 2. The lowest BCUT2D eigenvalue weighted by Gasteiger charge is -2.26. The van der Waals surface area contributed by atoms with Gasteiger partial charge >= 0.3 is 0 Å². The Labute approximate surface area is 94.8 Å². The van der Waals surface area contributed by atoms with Gasteiger partial charge in [-0.3, -0.25) is 4.79 Å². The van der Waals surface area contributed by atoms with Crippen LogP contribution in [0.1, 0.15) is 30.9 Å². The number of nitrogens with one attached hydrogen (secondary N) is 1. The van der Waals surface area contributed by atoms with E-state index in [2.05, 4.69) is 5.32 Å². The molecule has 1 saturated carbocycles. The summed E-state index contributed by atoms with van der Waals surface area (Å²) in [6.07, 6.45) is 2.98. The summed E-state index contributed by atoms with van der Waals surface area (Å²) in [5.74, 6) is 1.39. The molecule has 0 aromatic heterocycles. The summed E-state index contributed by atoms with van der Waals surface area (Å²) in [6.45, 7) is 0.687. The molecule has 1 N–H and O–H groups in total. The van der Waals surface area contributed by atoms with Crippen LogP contribution in [0, 0.1) is 5.92 Å². The van der Waals surface area contributed by atoms with Crippen molar-refractivity contribution < 1.29 is 9.53 Å². The van der Waals surface area contributed by atoms with E-state index in [1.165, 1.54) is 0 Å². The molecule has 1 aliphatic heterocycles. The highest BCUT2D eigenvalue weighted by atomic mass is 16.5. The van der Waals surface area contributed by atoms with Crippen LogP contribution in [0.3, 0.4) is 0 Å². The number of carbonyl (C=O) groups excluding carboxylic acids is 1. The molecule has 1 unspecified atom stereocenters. The third kappa shape index (κ3) is 1.77. The number of rotatable bonds is 2. The Balaban J connectivity index is 1.78. The van der Waals surface area contributed by atoms with Gasteiger partial charge in [-0.05, 0) is 18.9 Å². The molecule has 3 rings (SSSR count). The van der Waals surface area contributed by atoms with Crippen molar-refractivity contribution in [2.24, 2.45) is 5.92 Å². The molecule has 1 aliphatic carbocycles. The molecule has 1 fully saturated rings. The van der Waals surface area contributed by atoms with Crippen LogP contribution in [-0.2, 0) is 4.79 Å². The van der Waals surface area contributed by atoms with E-state index in [0.717, 1.165) is 30.6 Å². The summed E-state index contributed by atoms with van der Waals surface area (Å²) in [5, 5.41) is 3.12. The lowest BCUT2D eigenvalue weighted by Crippen LogP contribution is -2.33.